The first-order chi connectivity index (χ1) is 15.6. The van der Waals surface area contributed by atoms with Gasteiger partial charge in [0, 0.05) is 56.2 Å². The number of aryl methyl sites for hydroxylation is 1. The van der Waals surface area contributed by atoms with Gasteiger partial charge in [-0.05, 0) is 50.1 Å². The monoisotopic (exact) mass is 436 g/mol. The molecule has 2 heterocycles. The van der Waals surface area contributed by atoms with Crippen molar-refractivity contribution in [2.45, 2.75) is 19.8 Å². The third-order valence-electron chi connectivity index (χ3n) is 6.08. The summed E-state index contributed by atoms with van der Waals surface area (Å²) in [6.07, 6.45) is 2.26. The molecule has 2 aromatic carbocycles. The molecule has 0 radical (unpaired) electrons. The molecular formula is C25H32N4O3. The van der Waals surface area contributed by atoms with E-state index in [-0.39, 0.29) is 11.8 Å². The number of amides is 2. The number of hydrogen-bond acceptors (Lipinski definition) is 5. The smallest absolute Gasteiger partial charge is 0.255 e. The van der Waals surface area contributed by atoms with Gasteiger partial charge in [-0.25, -0.2) is 0 Å². The van der Waals surface area contributed by atoms with Crippen LogP contribution in [-0.4, -0.2) is 69.2 Å². The first kappa shape index (κ1) is 22.3. The van der Waals surface area contributed by atoms with Crippen LogP contribution in [0.25, 0.3) is 0 Å². The van der Waals surface area contributed by atoms with Crippen LogP contribution >= 0.6 is 0 Å². The highest BCUT2D eigenvalue weighted by Crippen LogP contribution is 2.28. The Labute approximate surface area is 189 Å². The minimum absolute atomic E-state index is 0.105. The van der Waals surface area contributed by atoms with Gasteiger partial charge in [0.25, 0.3) is 11.8 Å². The number of carbonyl (C=O) groups excluding carboxylic acids is 2. The molecule has 0 bridgehead atoms. The summed E-state index contributed by atoms with van der Waals surface area (Å²) in [5.74, 6) is -0.288. The summed E-state index contributed by atoms with van der Waals surface area (Å²) >= 11 is 0. The zero-order valence-electron chi connectivity index (χ0n) is 18.7. The van der Waals surface area contributed by atoms with Crippen molar-refractivity contribution in [3.8, 4) is 0 Å². The second kappa shape index (κ2) is 10.6. The van der Waals surface area contributed by atoms with Gasteiger partial charge in [-0.3, -0.25) is 14.5 Å². The molecule has 0 unspecified atom stereocenters. The van der Waals surface area contributed by atoms with Crippen LogP contribution in [0.15, 0.2) is 42.5 Å². The fourth-order valence-electron chi connectivity index (χ4n) is 4.19. The fourth-order valence-corrected chi connectivity index (χ4v) is 4.19. The first-order valence-electron chi connectivity index (χ1n) is 11.5. The quantitative estimate of drug-likeness (QED) is 0.698. The summed E-state index contributed by atoms with van der Waals surface area (Å²) in [5.41, 5.74) is 3.86. The fraction of sp³-hybridized carbons (Fsp3) is 0.440. The number of anilines is 2. The molecule has 2 N–H and O–H groups in total. The molecule has 0 spiro atoms. The molecular weight excluding hydrogens is 404 g/mol. The van der Waals surface area contributed by atoms with Crippen molar-refractivity contribution >= 4 is 23.2 Å². The van der Waals surface area contributed by atoms with Crippen molar-refractivity contribution in [1.82, 2.24) is 10.2 Å². The third-order valence-corrected chi connectivity index (χ3v) is 6.08. The molecule has 7 heteroatoms. The van der Waals surface area contributed by atoms with Gasteiger partial charge in [0.1, 0.15) is 0 Å². The summed E-state index contributed by atoms with van der Waals surface area (Å²) in [5, 5.41) is 6.01. The van der Waals surface area contributed by atoms with E-state index in [0.29, 0.717) is 23.4 Å². The van der Waals surface area contributed by atoms with Gasteiger partial charge in [-0.1, -0.05) is 17.7 Å². The highest BCUT2D eigenvalue weighted by atomic mass is 16.5. The van der Waals surface area contributed by atoms with E-state index in [9.17, 15) is 9.59 Å². The van der Waals surface area contributed by atoms with E-state index in [1.165, 1.54) is 0 Å². The van der Waals surface area contributed by atoms with E-state index in [1.807, 2.05) is 43.3 Å². The van der Waals surface area contributed by atoms with Crippen LogP contribution in [0.4, 0.5) is 11.4 Å². The molecule has 0 saturated carbocycles. The van der Waals surface area contributed by atoms with E-state index < -0.39 is 0 Å². The Bertz CT molecular complexity index is 933. The van der Waals surface area contributed by atoms with E-state index in [1.54, 1.807) is 6.07 Å². The van der Waals surface area contributed by atoms with Crippen molar-refractivity contribution in [1.29, 1.82) is 0 Å². The molecule has 2 saturated heterocycles. The molecule has 4 rings (SSSR count). The maximum absolute atomic E-state index is 13.1. The Hall–Kier alpha value is -2.90. The largest absolute Gasteiger partial charge is 0.379 e. The van der Waals surface area contributed by atoms with E-state index in [2.05, 4.69) is 20.4 Å². The molecule has 7 nitrogen and oxygen atoms in total. The van der Waals surface area contributed by atoms with Gasteiger partial charge in [-0.2, -0.15) is 0 Å². The van der Waals surface area contributed by atoms with E-state index >= 15 is 0 Å². The molecule has 2 aromatic rings. The van der Waals surface area contributed by atoms with Gasteiger partial charge >= 0.3 is 0 Å². The Balaban J connectivity index is 1.46. The second-order valence-electron chi connectivity index (χ2n) is 8.46. The average molecular weight is 437 g/mol. The Kier molecular flexibility index (Phi) is 7.39. The number of ether oxygens (including phenoxy) is 1. The minimum atomic E-state index is -0.183. The van der Waals surface area contributed by atoms with E-state index in [0.717, 1.165) is 70.0 Å². The Morgan fingerprint density at radius 2 is 1.66 bits per heavy atom. The third kappa shape index (κ3) is 5.66. The summed E-state index contributed by atoms with van der Waals surface area (Å²) in [4.78, 5) is 30.3. The van der Waals surface area contributed by atoms with Crippen molar-refractivity contribution in [2.24, 2.45) is 0 Å². The molecule has 0 aromatic heterocycles. The molecule has 32 heavy (non-hydrogen) atoms. The zero-order valence-corrected chi connectivity index (χ0v) is 18.7. The average Bonchev–Trinajstić information content (AvgIpc) is 3.35. The molecule has 0 aliphatic carbocycles. The lowest BCUT2D eigenvalue weighted by atomic mass is 10.1. The lowest BCUT2D eigenvalue weighted by Gasteiger charge is -2.26. The van der Waals surface area contributed by atoms with Crippen LogP contribution in [0.1, 0.15) is 39.1 Å². The van der Waals surface area contributed by atoms with Crippen molar-refractivity contribution in [3.05, 3.63) is 59.2 Å². The zero-order chi connectivity index (χ0) is 22.3. The van der Waals surface area contributed by atoms with Crippen LogP contribution in [0, 0.1) is 6.92 Å². The van der Waals surface area contributed by atoms with Gasteiger partial charge in [0.15, 0.2) is 0 Å². The van der Waals surface area contributed by atoms with Gasteiger partial charge in [0.2, 0.25) is 0 Å². The van der Waals surface area contributed by atoms with Gasteiger partial charge < -0.3 is 20.3 Å². The number of carbonyl (C=O) groups is 2. The number of hydrogen-bond donors (Lipinski definition) is 2. The minimum Gasteiger partial charge on any atom is -0.379 e. The second-order valence-corrected chi connectivity index (χ2v) is 8.46. The molecule has 2 aliphatic rings. The predicted molar refractivity (Wildman–Crippen MR) is 127 cm³/mol. The topological polar surface area (TPSA) is 73.9 Å². The number of benzene rings is 2. The van der Waals surface area contributed by atoms with Crippen molar-refractivity contribution in [3.63, 3.8) is 0 Å². The van der Waals surface area contributed by atoms with Crippen molar-refractivity contribution < 1.29 is 14.3 Å². The van der Waals surface area contributed by atoms with Gasteiger partial charge in [-0.15, -0.1) is 0 Å². The normalized spacial score (nSPS) is 16.7. The highest BCUT2D eigenvalue weighted by molar-refractivity contribution is 6.06. The van der Waals surface area contributed by atoms with Crippen LogP contribution in [0.2, 0.25) is 0 Å². The highest BCUT2D eigenvalue weighted by Gasteiger charge is 2.21. The summed E-state index contributed by atoms with van der Waals surface area (Å²) in [6.45, 7) is 8.56. The molecule has 0 atom stereocenters. The van der Waals surface area contributed by atoms with Gasteiger partial charge in [0.05, 0.1) is 18.8 Å². The Morgan fingerprint density at radius 1 is 0.938 bits per heavy atom. The molecule has 2 fully saturated rings. The maximum Gasteiger partial charge on any atom is 0.255 e. The lowest BCUT2D eigenvalue weighted by Crippen LogP contribution is -2.41. The standard InChI is InChI=1S/C25H32N4O3/c1-19-4-6-20(7-5-19)24(30)27-21-8-9-23(29-11-2-3-12-29)22(18-21)25(31)26-10-13-28-14-16-32-17-15-28/h4-9,18H,2-3,10-17H2,1H3,(H,26,31)(H,27,30). The number of nitrogens with one attached hydrogen (secondary N) is 2. The molecule has 2 amide bonds. The predicted octanol–water partition coefficient (Wildman–Crippen LogP) is 2.91. The SMILES string of the molecule is Cc1ccc(C(=O)Nc2ccc(N3CCCC3)c(C(=O)NCCN3CCOCC3)c2)cc1. The van der Waals surface area contributed by atoms with E-state index in [4.69, 9.17) is 4.74 Å². The number of morpholine rings is 1. The lowest BCUT2D eigenvalue weighted by molar-refractivity contribution is 0.0383. The van der Waals surface area contributed by atoms with Crippen LogP contribution in [0.3, 0.4) is 0 Å². The van der Waals surface area contributed by atoms with Crippen molar-refractivity contribution in [2.75, 3.05) is 62.7 Å². The number of rotatable bonds is 7. The molecule has 2 aliphatic heterocycles. The van der Waals surface area contributed by atoms with Crippen LogP contribution in [0.5, 0.6) is 0 Å². The van der Waals surface area contributed by atoms with Crippen LogP contribution < -0.4 is 15.5 Å². The maximum atomic E-state index is 13.1. The molecule has 170 valence electrons. The number of nitrogens with zero attached hydrogens (tertiary/aromatic N) is 2. The summed E-state index contributed by atoms with van der Waals surface area (Å²) in [7, 11) is 0. The summed E-state index contributed by atoms with van der Waals surface area (Å²) in [6, 6.07) is 13.1. The Morgan fingerprint density at radius 3 is 2.38 bits per heavy atom. The summed E-state index contributed by atoms with van der Waals surface area (Å²) < 4.78 is 5.38. The van der Waals surface area contributed by atoms with Crippen LogP contribution in [-0.2, 0) is 4.74 Å². The first-order valence-corrected chi connectivity index (χ1v) is 11.5.